The van der Waals surface area contributed by atoms with Gasteiger partial charge in [-0.3, -0.25) is 4.98 Å². The Kier molecular flexibility index (Phi) is 2.25. The summed E-state index contributed by atoms with van der Waals surface area (Å²) in [6, 6.07) is 4.08. The average molecular weight is 220 g/mol. The number of halogens is 1. The van der Waals surface area contributed by atoms with Crippen molar-refractivity contribution in [3.8, 4) is 0 Å². The summed E-state index contributed by atoms with van der Waals surface area (Å²) in [5.74, 6) is -0.0164. The van der Waals surface area contributed by atoms with Crippen LogP contribution in [0, 0.1) is 0 Å². The molecule has 0 saturated heterocycles. The predicted octanol–water partition coefficient (Wildman–Crippen LogP) is 2.33. The number of hydrogen-bond acceptors (Lipinski definition) is 2. The molecular weight excluding hydrogens is 203 g/mol. The summed E-state index contributed by atoms with van der Waals surface area (Å²) < 4.78 is 14.6. The molecule has 0 aromatic carbocycles. The predicted molar refractivity (Wildman–Crippen MR) is 61.0 cm³/mol. The zero-order chi connectivity index (χ0) is 11.2. The zero-order valence-electron chi connectivity index (χ0n) is 9.32. The zero-order valence-corrected chi connectivity index (χ0v) is 9.32. The molecule has 1 aromatic heterocycles. The minimum atomic E-state index is -1.08. The number of nitrogens with zero attached hydrogens (tertiary/aromatic N) is 1. The molecule has 2 aliphatic carbocycles. The van der Waals surface area contributed by atoms with Gasteiger partial charge in [-0.1, -0.05) is 6.07 Å². The number of aromatic nitrogens is 1. The third kappa shape index (κ3) is 1.46. The summed E-state index contributed by atoms with van der Waals surface area (Å²) in [6.07, 6.45) is 5.83. The monoisotopic (exact) mass is 220 g/mol. The Hall–Kier alpha value is -0.960. The minimum Gasteiger partial charge on any atom is -0.327 e. The van der Waals surface area contributed by atoms with Crippen LogP contribution >= 0.6 is 0 Å². The summed E-state index contributed by atoms with van der Waals surface area (Å²) in [7, 11) is 0. The summed E-state index contributed by atoms with van der Waals surface area (Å²) in [5, 5.41) is 0. The molecule has 0 spiro atoms. The minimum absolute atomic E-state index is 0.0164. The maximum atomic E-state index is 14.6. The van der Waals surface area contributed by atoms with Crippen LogP contribution in [0.5, 0.6) is 0 Å². The molecule has 16 heavy (non-hydrogen) atoms. The molecule has 1 atom stereocenters. The molecule has 2 N–H and O–H groups in total. The Morgan fingerprint density at radius 3 is 3.00 bits per heavy atom. The first kappa shape index (κ1) is 10.2. The van der Waals surface area contributed by atoms with Gasteiger partial charge in [0.05, 0.1) is 0 Å². The smallest absolute Gasteiger partial charge is 0.122 e. The molecule has 2 aliphatic rings. The highest BCUT2D eigenvalue weighted by Gasteiger charge is 2.51. The Balaban J connectivity index is 1.93. The second kappa shape index (κ2) is 3.52. The van der Waals surface area contributed by atoms with Crippen LogP contribution < -0.4 is 5.73 Å². The molecule has 0 radical (unpaired) electrons. The number of nitrogens with two attached hydrogens (primary N) is 1. The molecule has 1 heterocycles. The molecule has 3 heteroatoms. The van der Waals surface area contributed by atoms with Crippen LogP contribution in [0.4, 0.5) is 4.39 Å². The highest BCUT2D eigenvalue weighted by Crippen LogP contribution is 2.50. The van der Waals surface area contributed by atoms with Crippen LogP contribution in [0.15, 0.2) is 18.3 Å². The van der Waals surface area contributed by atoms with E-state index in [-0.39, 0.29) is 12.0 Å². The van der Waals surface area contributed by atoms with Crippen LogP contribution in [0.25, 0.3) is 0 Å². The lowest BCUT2D eigenvalue weighted by Gasteiger charge is -2.46. The molecule has 1 saturated carbocycles. The van der Waals surface area contributed by atoms with Gasteiger partial charge in [-0.25, -0.2) is 4.39 Å². The normalized spacial score (nSPS) is 37.6. The van der Waals surface area contributed by atoms with E-state index in [1.165, 1.54) is 5.56 Å². The summed E-state index contributed by atoms with van der Waals surface area (Å²) in [5.41, 5.74) is 6.86. The fourth-order valence-electron chi connectivity index (χ4n) is 3.21. The maximum absolute atomic E-state index is 14.6. The van der Waals surface area contributed by atoms with Crippen molar-refractivity contribution in [2.75, 3.05) is 0 Å². The van der Waals surface area contributed by atoms with Crippen molar-refractivity contribution in [1.82, 2.24) is 4.98 Å². The molecule has 1 fully saturated rings. The van der Waals surface area contributed by atoms with Crippen molar-refractivity contribution in [3.05, 3.63) is 29.6 Å². The van der Waals surface area contributed by atoms with Crippen LogP contribution in [0.2, 0.25) is 0 Å². The number of rotatable bonds is 1. The van der Waals surface area contributed by atoms with Crippen molar-refractivity contribution in [2.24, 2.45) is 5.73 Å². The van der Waals surface area contributed by atoms with Gasteiger partial charge >= 0.3 is 0 Å². The van der Waals surface area contributed by atoms with Crippen LogP contribution in [-0.2, 0) is 6.42 Å². The van der Waals surface area contributed by atoms with E-state index in [1.54, 1.807) is 6.20 Å². The third-order valence-corrected chi connectivity index (χ3v) is 4.02. The summed E-state index contributed by atoms with van der Waals surface area (Å²) in [4.78, 5) is 4.39. The van der Waals surface area contributed by atoms with E-state index in [0.717, 1.165) is 25.0 Å². The van der Waals surface area contributed by atoms with Crippen molar-refractivity contribution >= 4 is 0 Å². The van der Waals surface area contributed by atoms with Gasteiger partial charge < -0.3 is 5.73 Å². The van der Waals surface area contributed by atoms with Crippen molar-refractivity contribution in [1.29, 1.82) is 0 Å². The topological polar surface area (TPSA) is 38.9 Å². The molecule has 1 aromatic rings. The standard InChI is InChI=1S/C13H17FN2/c14-13(7-10(15)8-13)11-5-1-3-9-4-2-6-16-12(9)11/h2,4,6,10-11H,1,3,5,7-8,15H2. The average Bonchev–Trinajstić information content (AvgIpc) is 2.26. The highest BCUT2D eigenvalue weighted by molar-refractivity contribution is 5.30. The molecule has 0 amide bonds. The van der Waals surface area contributed by atoms with E-state index in [2.05, 4.69) is 11.1 Å². The van der Waals surface area contributed by atoms with Crippen molar-refractivity contribution < 1.29 is 4.39 Å². The van der Waals surface area contributed by atoms with Gasteiger partial charge in [-0.05, 0) is 43.7 Å². The lowest BCUT2D eigenvalue weighted by molar-refractivity contribution is 0.00782. The molecular formula is C13H17FN2. The van der Waals surface area contributed by atoms with Crippen LogP contribution in [0.3, 0.4) is 0 Å². The van der Waals surface area contributed by atoms with Gasteiger partial charge in [0, 0.05) is 23.9 Å². The Labute approximate surface area is 95.1 Å². The maximum Gasteiger partial charge on any atom is 0.122 e. The SMILES string of the molecule is NC1CC(F)(C2CCCc3cccnc32)C1. The molecule has 3 rings (SSSR count). The van der Waals surface area contributed by atoms with E-state index in [0.29, 0.717) is 12.8 Å². The first-order chi connectivity index (χ1) is 7.69. The first-order valence-corrected chi connectivity index (χ1v) is 6.07. The van der Waals surface area contributed by atoms with Gasteiger partial charge in [0.25, 0.3) is 0 Å². The van der Waals surface area contributed by atoms with Crippen LogP contribution in [0.1, 0.15) is 42.9 Å². The van der Waals surface area contributed by atoms with Crippen molar-refractivity contribution in [2.45, 2.75) is 49.7 Å². The lowest BCUT2D eigenvalue weighted by Crippen LogP contribution is -2.52. The molecule has 0 bridgehead atoms. The van der Waals surface area contributed by atoms with E-state index in [9.17, 15) is 4.39 Å². The molecule has 86 valence electrons. The molecule has 0 aliphatic heterocycles. The Bertz CT molecular complexity index is 399. The second-order valence-electron chi connectivity index (χ2n) is 5.20. The molecule has 1 unspecified atom stereocenters. The summed E-state index contributed by atoms with van der Waals surface area (Å²) in [6.45, 7) is 0. The Morgan fingerprint density at radius 2 is 2.25 bits per heavy atom. The second-order valence-corrected chi connectivity index (χ2v) is 5.20. The van der Waals surface area contributed by atoms with Gasteiger partial charge in [-0.15, -0.1) is 0 Å². The van der Waals surface area contributed by atoms with Gasteiger partial charge in [0.15, 0.2) is 0 Å². The summed E-state index contributed by atoms with van der Waals surface area (Å²) >= 11 is 0. The number of pyridine rings is 1. The fourth-order valence-corrected chi connectivity index (χ4v) is 3.21. The number of aryl methyl sites for hydroxylation is 1. The molecule has 2 nitrogen and oxygen atoms in total. The van der Waals surface area contributed by atoms with Crippen molar-refractivity contribution in [3.63, 3.8) is 0 Å². The first-order valence-electron chi connectivity index (χ1n) is 6.07. The van der Waals surface area contributed by atoms with Gasteiger partial charge in [0.1, 0.15) is 5.67 Å². The largest absolute Gasteiger partial charge is 0.327 e. The van der Waals surface area contributed by atoms with Crippen LogP contribution in [-0.4, -0.2) is 16.7 Å². The third-order valence-electron chi connectivity index (χ3n) is 4.02. The quantitative estimate of drug-likeness (QED) is 0.789. The highest BCUT2D eigenvalue weighted by atomic mass is 19.1. The van der Waals surface area contributed by atoms with E-state index in [4.69, 9.17) is 5.73 Å². The Morgan fingerprint density at radius 1 is 1.44 bits per heavy atom. The number of alkyl halides is 1. The number of hydrogen-bond donors (Lipinski definition) is 1. The fraction of sp³-hybridized carbons (Fsp3) is 0.615. The number of fused-ring (bicyclic) bond motifs is 1. The van der Waals surface area contributed by atoms with E-state index >= 15 is 0 Å². The van der Waals surface area contributed by atoms with Gasteiger partial charge in [0.2, 0.25) is 0 Å². The van der Waals surface area contributed by atoms with E-state index in [1.807, 2.05) is 6.07 Å². The lowest BCUT2D eigenvalue weighted by atomic mass is 9.65. The van der Waals surface area contributed by atoms with E-state index < -0.39 is 5.67 Å². The van der Waals surface area contributed by atoms with Gasteiger partial charge in [-0.2, -0.15) is 0 Å².